The highest BCUT2D eigenvalue weighted by Gasteiger charge is 2.15. The van der Waals surface area contributed by atoms with Crippen molar-refractivity contribution in [1.29, 1.82) is 0 Å². The third kappa shape index (κ3) is 4.20. The molecule has 0 saturated heterocycles. The van der Waals surface area contributed by atoms with Crippen molar-refractivity contribution >= 4 is 5.91 Å². The number of methoxy groups -OCH3 is 1. The second kappa shape index (κ2) is 7.64. The van der Waals surface area contributed by atoms with Crippen LogP contribution < -0.4 is 0 Å². The van der Waals surface area contributed by atoms with Crippen molar-refractivity contribution in [2.45, 2.75) is 13.0 Å². The van der Waals surface area contributed by atoms with Gasteiger partial charge in [0.25, 0.3) is 5.91 Å². The van der Waals surface area contributed by atoms with Gasteiger partial charge in [-0.05, 0) is 24.1 Å². The van der Waals surface area contributed by atoms with Crippen LogP contribution in [0.25, 0.3) is 0 Å². The van der Waals surface area contributed by atoms with Crippen LogP contribution in [0.4, 0.5) is 0 Å². The molecule has 1 heterocycles. The second-order valence-corrected chi connectivity index (χ2v) is 5.08. The molecule has 0 aliphatic carbocycles. The molecule has 1 aromatic carbocycles. The molecule has 0 unspecified atom stereocenters. The molecule has 0 bridgehead atoms. The van der Waals surface area contributed by atoms with Gasteiger partial charge in [-0.15, -0.1) is 0 Å². The normalized spacial score (nSPS) is 10.6. The quantitative estimate of drug-likeness (QED) is 0.733. The largest absolute Gasteiger partial charge is 0.385 e. The Balaban J connectivity index is 2.03. The SMILES string of the molecule is COCCCN(C)C(=O)c1cccn1Cc1ccccc1. The number of nitrogens with zero attached hydrogens (tertiary/aromatic N) is 2. The summed E-state index contributed by atoms with van der Waals surface area (Å²) >= 11 is 0. The third-order valence-electron chi connectivity index (χ3n) is 3.43. The zero-order valence-electron chi connectivity index (χ0n) is 12.7. The van der Waals surface area contributed by atoms with E-state index in [1.807, 2.05) is 48.1 Å². The van der Waals surface area contributed by atoms with Crippen molar-refractivity contribution in [3.63, 3.8) is 0 Å². The van der Waals surface area contributed by atoms with Crippen molar-refractivity contribution < 1.29 is 9.53 Å². The topological polar surface area (TPSA) is 34.5 Å². The number of carbonyl (C=O) groups excluding carboxylic acids is 1. The summed E-state index contributed by atoms with van der Waals surface area (Å²) in [6.45, 7) is 2.08. The van der Waals surface area contributed by atoms with Crippen LogP contribution in [-0.4, -0.2) is 42.7 Å². The highest BCUT2D eigenvalue weighted by Crippen LogP contribution is 2.10. The van der Waals surface area contributed by atoms with E-state index in [-0.39, 0.29) is 5.91 Å². The van der Waals surface area contributed by atoms with E-state index in [0.717, 1.165) is 12.1 Å². The van der Waals surface area contributed by atoms with Gasteiger partial charge in [0.2, 0.25) is 0 Å². The average molecular weight is 286 g/mol. The summed E-state index contributed by atoms with van der Waals surface area (Å²) in [5.41, 5.74) is 1.91. The van der Waals surface area contributed by atoms with Crippen molar-refractivity contribution in [3.8, 4) is 0 Å². The molecule has 0 spiro atoms. The predicted molar refractivity (Wildman–Crippen MR) is 83.4 cm³/mol. The lowest BCUT2D eigenvalue weighted by Crippen LogP contribution is -2.30. The monoisotopic (exact) mass is 286 g/mol. The fourth-order valence-electron chi connectivity index (χ4n) is 2.27. The number of hydrogen-bond donors (Lipinski definition) is 0. The first kappa shape index (κ1) is 15.3. The second-order valence-electron chi connectivity index (χ2n) is 5.08. The Morgan fingerprint density at radius 2 is 1.95 bits per heavy atom. The zero-order valence-corrected chi connectivity index (χ0v) is 12.7. The molecule has 1 aromatic heterocycles. The number of carbonyl (C=O) groups is 1. The molecule has 4 nitrogen and oxygen atoms in total. The highest BCUT2D eigenvalue weighted by atomic mass is 16.5. The Kier molecular flexibility index (Phi) is 5.58. The minimum atomic E-state index is 0.0482. The first-order valence-corrected chi connectivity index (χ1v) is 7.16. The van der Waals surface area contributed by atoms with Gasteiger partial charge in [0, 0.05) is 40.1 Å². The van der Waals surface area contributed by atoms with Crippen LogP contribution in [0.3, 0.4) is 0 Å². The van der Waals surface area contributed by atoms with Crippen LogP contribution in [0.1, 0.15) is 22.5 Å². The number of ether oxygens (including phenoxy) is 1. The number of hydrogen-bond acceptors (Lipinski definition) is 2. The van der Waals surface area contributed by atoms with Crippen LogP contribution >= 0.6 is 0 Å². The van der Waals surface area contributed by atoms with Crippen molar-refractivity contribution in [3.05, 3.63) is 59.9 Å². The maximum atomic E-state index is 12.5. The Morgan fingerprint density at radius 1 is 1.19 bits per heavy atom. The predicted octanol–water partition coefficient (Wildman–Crippen LogP) is 2.64. The van der Waals surface area contributed by atoms with E-state index < -0.39 is 0 Å². The molecule has 2 rings (SSSR count). The van der Waals surface area contributed by atoms with Gasteiger partial charge in [0.05, 0.1) is 0 Å². The fourth-order valence-corrected chi connectivity index (χ4v) is 2.27. The molecule has 0 fully saturated rings. The molecule has 112 valence electrons. The van der Waals surface area contributed by atoms with E-state index in [2.05, 4.69) is 12.1 Å². The Hall–Kier alpha value is -2.07. The highest BCUT2D eigenvalue weighted by molar-refractivity contribution is 5.92. The molecule has 0 radical (unpaired) electrons. The van der Waals surface area contributed by atoms with Gasteiger partial charge in [0.1, 0.15) is 5.69 Å². The molecule has 2 aromatic rings. The molecule has 4 heteroatoms. The number of benzene rings is 1. The van der Waals surface area contributed by atoms with E-state index in [4.69, 9.17) is 4.74 Å². The van der Waals surface area contributed by atoms with Gasteiger partial charge >= 0.3 is 0 Å². The van der Waals surface area contributed by atoms with E-state index in [1.165, 1.54) is 5.56 Å². The van der Waals surface area contributed by atoms with Gasteiger partial charge in [0.15, 0.2) is 0 Å². The van der Waals surface area contributed by atoms with Crippen LogP contribution in [0.2, 0.25) is 0 Å². The summed E-state index contributed by atoms with van der Waals surface area (Å²) in [4.78, 5) is 14.2. The smallest absolute Gasteiger partial charge is 0.270 e. The molecular formula is C17H22N2O2. The van der Waals surface area contributed by atoms with Crippen LogP contribution in [0.15, 0.2) is 48.7 Å². The summed E-state index contributed by atoms with van der Waals surface area (Å²) in [7, 11) is 3.50. The van der Waals surface area contributed by atoms with Gasteiger partial charge in [-0.2, -0.15) is 0 Å². The van der Waals surface area contributed by atoms with E-state index >= 15 is 0 Å². The third-order valence-corrected chi connectivity index (χ3v) is 3.43. The lowest BCUT2D eigenvalue weighted by atomic mass is 10.2. The minimum Gasteiger partial charge on any atom is -0.385 e. The average Bonchev–Trinajstić information content (AvgIpc) is 2.95. The summed E-state index contributed by atoms with van der Waals surface area (Å²) in [6.07, 6.45) is 2.79. The molecule has 0 aliphatic heterocycles. The Labute approximate surface area is 125 Å². The van der Waals surface area contributed by atoms with Crippen LogP contribution in [-0.2, 0) is 11.3 Å². The lowest BCUT2D eigenvalue weighted by Gasteiger charge is -2.18. The summed E-state index contributed by atoms with van der Waals surface area (Å²) in [6, 6.07) is 13.9. The molecular weight excluding hydrogens is 264 g/mol. The number of amides is 1. The van der Waals surface area contributed by atoms with Crippen molar-refractivity contribution in [2.24, 2.45) is 0 Å². The van der Waals surface area contributed by atoms with Crippen LogP contribution in [0, 0.1) is 0 Å². The fraction of sp³-hybridized carbons (Fsp3) is 0.353. The first-order chi connectivity index (χ1) is 10.2. The maximum absolute atomic E-state index is 12.5. The molecule has 21 heavy (non-hydrogen) atoms. The molecule has 0 saturated carbocycles. The van der Waals surface area contributed by atoms with Gasteiger partial charge in [-0.3, -0.25) is 4.79 Å². The zero-order chi connectivity index (χ0) is 15.1. The van der Waals surface area contributed by atoms with E-state index in [0.29, 0.717) is 19.7 Å². The summed E-state index contributed by atoms with van der Waals surface area (Å²) < 4.78 is 7.01. The molecule has 0 atom stereocenters. The summed E-state index contributed by atoms with van der Waals surface area (Å²) in [5, 5.41) is 0. The van der Waals surface area contributed by atoms with Crippen molar-refractivity contribution in [2.75, 3.05) is 27.3 Å². The van der Waals surface area contributed by atoms with Crippen molar-refractivity contribution in [1.82, 2.24) is 9.47 Å². The Morgan fingerprint density at radius 3 is 2.67 bits per heavy atom. The number of aromatic nitrogens is 1. The first-order valence-electron chi connectivity index (χ1n) is 7.16. The minimum absolute atomic E-state index is 0.0482. The molecule has 1 amide bonds. The Bertz CT molecular complexity index is 563. The van der Waals surface area contributed by atoms with Gasteiger partial charge in [-0.25, -0.2) is 0 Å². The molecule has 0 N–H and O–H groups in total. The van der Waals surface area contributed by atoms with Gasteiger partial charge < -0.3 is 14.2 Å². The lowest BCUT2D eigenvalue weighted by molar-refractivity contribution is 0.0769. The number of rotatable bonds is 7. The van der Waals surface area contributed by atoms with Gasteiger partial charge in [-0.1, -0.05) is 30.3 Å². The maximum Gasteiger partial charge on any atom is 0.270 e. The summed E-state index contributed by atoms with van der Waals surface area (Å²) in [5.74, 6) is 0.0482. The van der Waals surface area contributed by atoms with E-state index in [1.54, 1.807) is 12.0 Å². The standard InChI is InChI=1S/C17H22N2O2/c1-18(11-7-13-21-2)17(20)16-10-6-12-19(16)14-15-8-4-3-5-9-15/h3-6,8-10,12H,7,11,13-14H2,1-2H3. The molecule has 0 aliphatic rings. The van der Waals surface area contributed by atoms with Crippen LogP contribution in [0.5, 0.6) is 0 Å². The van der Waals surface area contributed by atoms with E-state index in [9.17, 15) is 4.79 Å².